The van der Waals surface area contributed by atoms with Gasteiger partial charge in [0.2, 0.25) is 0 Å². The molecule has 0 atom stereocenters. The smallest absolute Gasteiger partial charge is 0.272 e. The summed E-state index contributed by atoms with van der Waals surface area (Å²) in [6.45, 7) is 2.10. The molecule has 3 N–H and O–H groups in total. The van der Waals surface area contributed by atoms with Crippen LogP contribution in [0.25, 0.3) is 5.65 Å². The fourth-order valence-electron chi connectivity index (χ4n) is 2.36. The minimum absolute atomic E-state index is 0.161. The summed E-state index contributed by atoms with van der Waals surface area (Å²) in [4.78, 5) is 27.6. The summed E-state index contributed by atoms with van der Waals surface area (Å²) in [5.74, 6) is -0.624. The second-order valence-corrected chi connectivity index (χ2v) is 5.16. The van der Waals surface area contributed by atoms with Gasteiger partial charge >= 0.3 is 0 Å². The number of aryl methyl sites for hydroxylation is 1. The number of hydrogen-bond acceptors (Lipinski definition) is 3. The summed E-state index contributed by atoms with van der Waals surface area (Å²) in [6.07, 6.45) is 1.55. The summed E-state index contributed by atoms with van der Waals surface area (Å²) >= 11 is 0. The number of aromatic nitrogens is 3. The van der Waals surface area contributed by atoms with Crippen LogP contribution < -0.4 is 11.3 Å². The number of carbonyl (C=O) groups is 1. The van der Waals surface area contributed by atoms with Gasteiger partial charge < -0.3 is 5.73 Å². The van der Waals surface area contributed by atoms with Gasteiger partial charge in [-0.2, -0.15) is 0 Å². The number of aromatic amines is 1. The van der Waals surface area contributed by atoms with E-state index in [4.69, 9.17) is 5.73 Å². The lowest BCUT2D eigenvalue weighted by Gasteiger charge is -2.03. The van der Waals surface area contributed by atoms with E-state index in [0.29, 0.717) is 17.8 Å². The molecule has 0 saturated heterocycles. The Morgan fingerprint density at radius 1 is 1.23 bits per heavy atom. The van der Waals surface area contributed by atoms with Crippen molar-refractivity contribution in [3.63, 3.8) is 0 Å². The molecule has 0 unspecified atom stereocenters. The predicted molar refractivity (Wildman–Crippen MR) is 83.0 cm³/mol. The average Bonchev–Trinajstić information content (AvgIpc) is 2.93. The third-order valence-electron chi connectivity index (χ3n) is 3.59. The maximum Gasteiger partial charge on any atom is 0.272 e. The first-order chi connectivity index (χ1) is 10.6. The Kier molecular flexibility index (Phi) is 3.50. The zero-order valence-corrected chi connectivity index (χ0v) is 12.2. The van der Waals surface area contributed by atoms with Crippen molar-refractivity contribution in [3.05, 3.63) is 69.3 Å². The molecule has 0 aliphatic rings. The van der Waals surface area contributed by atoms with E-state index < -0.39 is 5.91 Å². The number of fused-ring (bicyclic) bond motifs is 1. The molecule has 0 fully saturated rings. The van der Waals surface area contributed by atoms with Gasteiger partial charge in [-0.05, 0) is 17.5 Å². The first-order valence-electron chi connectivity index (χ1n) is 7.06. The molecule has 0 aliphatic carbocycles. The van der Waals surface area contributed by atoms with Crippen LogP contribution in [0.3, 0.4) is 0 Å². The summed E-state index contributed by atoms with van der Waals surface area (Å²) in [5.41, 5.74) is 8.50. The van der Waals surface area contributed by atoms with E-state index in [1.54, 1.807) is 0 Å². The predicted octanol–water partition coefficient (Wildman–Crippen LogP) is 1.27. The number of nitrogens with zero attached hydrogens (tertiary/aromatic N) is 2. The van der Waals surface area contributed by atoms with Crippen molar-refractivity contribution < 1.29 is 4.79 Å². The first kappa shape index (κ1) is 14.1. The van der Waals surface area contributed by atoms with Gasteiger partial charge in [0.15, 0.2) is 5.65 Å². The molecule has 6 nitrogen and oxygen atoms in total. The van der Waals surface area contributed by atoms with Gasteiger partial charge in [0.05, 0.1) is 5.69 Å². The minimum Gasteiger partial charge on any atom is -0.364 e. The fraction of sp³-hybridized carbons (Fsp3) is 0.188. The Morgan fingerprint density at radius 2 is 1.91 bits per heavy atom. The highest BCUT2D eigenvalue weighted by Gasteiger charge is 2.10. The third-order valence-corrected chi connectivity index (χ3v) is 3.59. The quantitative estimate of drug-likeness (QED) is 0.759. The zero-order chi connectivity index (χ0) is 15.7. The zero-order valence-electron chi connectivity index (χ0n) is 12.2. The van der Waals surface area contributed by atoms with Crippen molar-refractivity contribution in [2.24, 2.45) is 5.73 Å². The lowest BCUT2D eigenvalue weighted by molar-refractivity contribution is 0.0995. The number of nitrogens with two attached hydrogens (primary N) is 1. The maximum absolute atomic E-state index is 12.1. The van der Waals surface area contributed by atoms with E-state index in [9.17, 15) is 9.59 Å². The summed E-state index contributed by atoms with van der Waals surface area (Å²) in [6, 6.07) is 11.2. The van der Waals surface area contributed by atoms with Crippen LogP contribution in [-0.2, 0) is 12.8 Å². The number of amides is 1. The highest BCUT2D eigenvalue weighted by molar-refractivity contribution is 5.91. The van der Waals surface area contributed by atoms with E-state index >= 15 is 0 Å². The maximum atomic E-state index is 12.1. The van der Waals surface area contributed by atoms with Crippen molar-refractivity contribution in [2.75, 3.05) is 0 Å². The molecule has 22 heavy (non-hydrogen) atoms. The number of carbonyl (C=O) groups excluding carboxylic acids is 1. The number of hydrogen-bond donors (Lipinski definition) is 2. The van der Waals surface area contributed by atoms with Gasteiger partial charge in [-0.25, -0.2) is 9.50 Å². The van der Waals surface area contributed by atoms with Gasteiger partial charge in [-0.1, -0.05) is 31.2 Å². The topological polar surface area (TPSA) is 93.2 Å². The lowest BCUT2D eigenvalue weighted by atomic mass is 10.1. The van der Waals surface area contributed by atoms with Gasteiger partial charge in [-0.15, -0.1) is 0 Å². The van der Waals surface area contributed by atoms with Gasteiger partial charge in [0, 0.05) is 18.6 Å². The molecule has 0 spiro atoms. The molecule has 0 radical (unpaired) electrons. The largest absolute Gasteiger partial charge is 0.364 e. The molecule has 112 valence electrons. The van der Waals surface area contributed by atoms with E-state index in [1.165, 1.54) is 22.2 Å². The third kappa shape index (κ3) is 2.63. The molecule has 0 saturated carbocycles. The van der Waals surface area contributed by atoms with Crippen LogP contribution in [0.15, 0.2) is 41.2 Å². The number of H-pyrrole nitrogens is 1. The lowest BCUT2D eigenvalue weighted by Crippen LogP contribution is -2.17. The molecule has 1 aromatic carbocycles. The van der Waals surface area contributed by atoms with Crippen LogP contribution in [0.2, 0.25) is 0 Å². The Labute approximate surface area is 126 Å². The number of rotatable bonds is 4. The Bertz CT molecular complexity index is 891. The van der Waals surface area contributed by atoms with E-state index in [-0.39, 0.29) is 11.3 Å². The SMILES string of the molecule is CCc1ccc(Cc2cc(=O)n3[nH]c(C(N)=O)cc3n2)cc1. The van der Waals surface area contributed by atoms with Crippen molar-refractivity contribution in [1.29, 1.82) is 0 Å². The molecule has 2 aromatic heterocycles. The molecule has 3 rings (SSSR count). The van der Waals surface area contributed by atoms with Gasteiger partial charge in [0.25, 0.3) is 11.5 Å². The fourth-order valence-corrected chi connectivity index (χ4v) is 2.36. The highest BCUT2D eigenvalue weighted by Crippen LogP contribution is 2.10. The van der Waals surface area contributed by atoms with E-state index in [2.05, 4.69) is 29.1 Å². The molecule has 2 heterocycles. The normalized spacial score (nSPS) is 11.0. The van der Waals surface area contributed by atoms with E-state index in [0.717, 1.165) is 12.0 Å². The van der Waals surface area contributed by atoms with Crippen LogP contribution in [-0.4, -0.2) is 20.5 Å². The molecule has 1 amide bonds. The number of benzene rings is 1. The van der Waals surface area contributed by atoms with Gasteiger partial charge in [-0.3, -0.25) is 14.7 Å². The summed E-state index contributed by atoms with van der Waals surface area (Å²) in [5, 5.41) is 2.64. The van der Waals surface area contributed by atoms with Crippen LogP contribution in [0.4, 0.5) is 0 Å². The highest BCUT2D eigenvalue weighted by atomic mass is 16.1. The van der Waals surface area contributed by atoms with Crippen LogP contribution in [0, 0.1) is 0 Å². The Morgan fingerprint density at radius 3 is 2.55 bits per heavy atom. The van der Waals surface area contributed by atoms with Crippen LogP contribution >= 0.6 is 0 Å². The minimum atomic E-state index is -0.624. The number of nitrogens with one attached hydrogen (secondary N) is 1. The molecule has 0 aliphatic heterocycles. The van der Waals surface area contributed by atoms with Gasteiger partial charge in [0.1, 0.15) is 5.69 Å². The summed E-state index contributed by atoms with van der Waals surface area (Å²) < 4.78 is 1.21. The molecule has 0 bridgehead atoms. The number of primary amides is 1. The second-order valence-electron chi connectivity index (χ2n) is 5.16. The summed E-state index contributed by atoms with van der Waals surface area (Å²) in [7, 11) is 0. The van der Waals surface area contributed by atoms with Crippen molar-refractivity contribution in [1.82, 2.24) is 14.6 Å². The van der Waals surface area contributed by atoms with E-state index in [1.807, 2.05) is 12.1 Å². The van der Waals surface area contributed by atoms with Crippen LogP contribution in [0.5, 0.6) is 0 Å². The molecular formula is C16H16N4O2. The van der Waals surface area contributed by atoms with Crippen LogP contribution in [0.1, 0.15) is 34.2 Å². The molecular weight excluding hydrogens is 280 g/mol. The first-order valence-corrected chi connectivity index (χ1v) is 7.06. The van der Waals surface area contributed by atoms with Crippen molar-refractivity contribution >= 4 is 11.6 Å². The molecule has 6 heteroatoms. The van der Waals surface area contributed by atoms with Crippen molar-refractivity contribution in [3.8, 4) is 0 Å². The Hall–Kier alpha value is -2.89. The standard InChI is InChI=1S/C16H16N4O2/c1-2-10-3-5-11(6-4-10)7-12-8-15(21)20-14(18-12)9-13(19-20)16(17)22/h3-6,8-9,19H,2,7H2,1H3,(H2,17,22). The second kappa shape index (κ2) is 5.48. The average molecular weight is 296 g/mol. The Balaban J connectivity index is 1.96. The molecule has 3 aromatic rings. The monoisotopic (exact) mass is 296 g/mol. The van der Waals surface area contributed by atoms with Crippen molar-refractivity contribution in [2.45, 2.75) is 19.8 Å².